The van der Waals surface area contributed by atoms with Crippen LogP contribution in [0.15, 0.2) is 24.3 Å². The van der Waals surface area contributed by atoms with Gasteiger partial charge in [0.1, 0.15) is 5.82 Å². The van der Waals surface area contributed by atoms with Gasteiger partial charge in [-0.05, 0) is 31.2 Å². The van der Waals surface area contributed by atoms with Gasteiger partial charge in [0.15, 0.2) is 5.69 Å². The second-order valence-electron chi connectivity index (χ2n) is 3.54. The lowest BCUT2D eigenvalue weighted by molar-refractivity contribution is 0.0945. The summed E-state index contributed by atoms with van der Waals surface area (Å²) < 4.78 is 0. The summed E-state index contributed by atoms with van der Waals surface area (Å²) >= 11 is 1.66. The van der Waals surface area contributed by atoms with Crippen molar-refractivity contribution < 1.29 is 4.79 Å². The highest BCUT2D eigenvalue weighted by Crippen LogP contribution is 2.14. The number of amides is 1. The van der Waals surface area contributed by atoms with Gasteiger partial charge in [-0.3, -0.25) is 4.79 Å². The van der Waals surface area contributed by atoms with Gasteiger partial charge in [0.2, 0.25) is 0 Å². The monoisotopic (exact) mass is 248 g/mol. The molecule has 0 aliphatic heterocycles. The summed E-state index contributed by atoms with van der Waals surface area (Å²) in [6, 6.07) is 7.12. The van der Waals surface area contributed by atoms with E-state index in [9.17, 15) is 4.79 Å². The average Bonchev–Trinajstić information content (AvgIpc) is 2.73. The Balaban J connectivity index is 1.95. The molecule has 0 spiro atoms. The van der Waals surface area contributed by atoms with Crippen LogP contribution in [0.4, 0.5) is 5.82 Å². The van der Waals surface area contributed by atoms with Gasteiger partial charge in [-0.1, -0.05) is 0 Å². The normalized spacial score (nSPS) is 10.2. The van der Waals surface area contributed by atoms with Crippen LogP contribution in [-0.4, -0.2) is 16.1 Å². The maximum absolute atomic E-state index is 11.7. The summed E-state index contributed by atoms with van der Waals surface area (Å²) in [4.78, 5) is 14.0. The zero-order valence-corrected chi connectivity index (χ0v) is 10.1. The van der Waals surface area contributed by atoms with Crippen LogP contribution in [0.3, 0.4) is 0 Å². The van der Waals surface area contributed by atoms with Crippen molar-refractivity contribution in [1.82, 2.24) is 15.5 Å². The van der Waals surface area contributed by atoms with Gasteiger partial charge in [0, 0.05) is 9.75 Å². The Morgan fingerprint density at radius 2 is 2.18 bits per heavy atom. The quantitative estimate of drug-likeness (QED) is 0.859. The SMILES string of the molecule is Cc1ccc(CNC(=O)c2ccc(N)nn2)s1. The predicted octanol–water partition coefficient (Wildman–Crippen LogP) is 1.36. The molecule has 0 saturated carbocycles. The van der Waals surface area contributed by atoms with E-state index in [-0.39, 0.29) is 11.6 Å². The van der Waals surface area contributed by atoms with Gasteiger partial charge in [-0.25, -0.2) is 0 Å². The highest BCUT2D eigenvalue weighted by molar-refractivity contribution is 7.11. The molecule has 0 aromatic carbocycles. The number of aryl methyl sites for hydroxylation is 1. The summed E-state index contributed by atoms with van der Waals surface area (Å²) in [5.41, 5.74) is 5.66. The first-order chi connectivity index (χ1) is 8.15. The lowest BCUT2D eigenvalue weighted by atomic mass is 10.3. The number of carbonyl (C=O) groups is 1. The van der Waals surface area contributed by atoms with Crippen molar-refractivity contribution in [2.24, 2.45) is 0 Å². The minimum atomic E-state index is -0.247. The van der Waals surface area contributed by atoms with Gasteiger partial charge < -0.3 is 11.1 Å². The standard InChI is InChI=1S/C11H12N4OS/c1-7-2-3-8(17-7)6-13-11(16)9-4-5-10(12)15-14-9/h2-5H,6H2,1H3,(H2,12,15)(H,13,16). The van der Waals surface area contributed by atoms with Gasteiger partial charge in [-0.15, -0.1) is 21.5 Å². The lowest BCUT2D eigenvalue weighted by Gasteiger charge is -2.02. The molecular formula is C11H12N4OS. The van der Waals surface area contributed by atoms with Crippen LogP contribution < -0.4 is 11.1 Å². The first-order valence-electron chi connectivity index (χ1n) is 5.08. The number of anilines is 1. The van der Waals surface area contributed by atoms with Crippen LogP contribution in [-0.2, 0) is 6.54 Å². The second kappa shape index (κ2) is 4.92. The molecule has 2 heterocycles. The maximum atomic E-state index is 11.7. The Hall–Kier alpha value is -1.95. The molecule has 17 heavy (non-hydrogen) atoms. The Labute approximate surface area is 103 Å². The number of hydrogen-bond donors (Lipinski definition) is 2. The number of carbonyl (C=O) groups excluding carboxylic acids is 1. The van der Waals surface area contributed by atoms with E-state index in [1.807, 2.05) is 19.1 Å². The van der Waals surface area contributed by atoms with E-state index in [0.717, 1.165) is 4.88 Å². The molecule has 1 amide bonds. The molecule has 0 unspecified atom stereocenters. The molecule has 0 saturated heterocycles. The van der Waals surface area contributed by atoms with Crippen LogP contribution >= 0.6 is 11.3 Å². The van der Waals surface area contributed by atoms with E-state index in [1.165, 1.54) is 4.88 Å². The van der Waals surface area contributed by atoms with Crippen LogP contribution in [0.5, 0.6) is 0 Å². The molecule has 0 radical (unpaired) electrons. The maximum Gasteiger partial charge on any atom is 0.272 e. The average molecular weight is 248 g/mol. The van der Waals surface area contributed by atoms with E-state index in [4.69, 9.17) is 5.73 Å². The van der Waals surface area contributed by atoms with Crippen LogP contribution in [0.25, 0.3) is 0 Å². The number of hydrogen-bond acceptors (Lipinski definition) is 5. The lowest BCUT2D eigenvalue weighted by Crippen LogP contribution is -2.23. The van der Waals surface area contributed by atoms with E-state index >= 15 is 0 Å². The van der Waals surface area contributed by atoms with Crippen LogP contribution in [0.1, 0.15) is 20.2 Å². The summed E-state index contributed by atoms with van der Waals surface area (Å²) in [7, 11) is 0. The Bertz CT molecular complexity index is 521. The first kappa shape index (κ1) is 11.5. The number of nitrogens with two attached hydrogens (primary N) is 1. The molecule has 0 aliphatic rings. The topological polar surface area (TPSA) is 80.9 Å². The van der Waals surface area contributed by atoms with Gasteiger partial charge in [0.25, 0.3) is 5.91 Å². The summed E-state index contributed by atoms with van der Waals surface area (Å²) in [6.45, 7) is 2.53. The summed E-state index contributed by atoms with van der Waals surface area (Å²) in [5.74, 6) is 0.0546. The molecule has 0 atom stereocenters. The van der Waals surface area contributed by atoms with Gasteiger partial charge >= 0.3 is 0 Å². The Morgan fingerprint density at radius 1 is 1.35 bits per heavy atom. The molecule has 3 N–H and O–H groups in total. The van der Waals surface area contributed by atoms with E-state index in [2.05, 4.69) is 15.5 Å². The van der Waals surface area contributed by atoms with E-state index in [1.54, 1.807) is 23.5 Å². The van der Waals surface area contributed by atoms with Crippen LogP contribution in [0, 0.1) is 6.92 Å². The Kier molecular flexibility index (Phi) is 3.34. The summed E-state index contributed by atoms with van der Waals surface area (Å²) in [5, 5.41) is 10.1. The van der Waals surface area contributed by atoms with Crippen molar-refractivity contribution in [1.29, 1.82) is 0 Å². The van der Waals surface area contributed by atoms with Crippen molar-refractivity contribution in [3.05, 3.63) is 39.7 Å². The smallest absolute Gasteiger partial charge is 0.272 e. The number of nitrogens with zero attached hydrogens (tertiary/aromatic N) is 2. The molecule has 2 aromatic rings. The molecular weight excluding hydrogens is 236 g/mol. The van der Waals surface area contributed by atoms with Crippen molar-refractivity contribution in [2.75, 3.05) is 5.73 Å². The molecule has 5 nitrogen and oxygen atoms in total. The third-order valence-electron chi connectivity index (χ3n) is 2.14. The molecule has 2 aromatic heterocycles. The summed E-state index contributed by atoms with van der Waals surface area (Å²) in [6.07, 6.45) is 0. The number of nitrogens with one attached hydrogen (secondary N) is 1. The highest BCUT2D eigenvalue weighted by Gasteiger charge is 2.07. The van der Waals surface area contributed by atoms with Crippen molar-refractivity contribution in [2.45, 2.75) is 13.5 Å². The van der Waals surface area contributed by atoms with Crippen molar-refractivity contribution in [3.8, 4) is 0 Å². The van der Waals surface area contributed by atoms with Crippen LogP contribution in [0.2, 0.25) is 0 Å². The molecule has 2 rings (SSSR count). The highest BCUT2D eigenvalue weighted by atomic mass is 32.1. The largest absolute Gasteiger partial charge is 0.382 e. The zero-order chi connectivity index (χ0) is 12.3. The molecule has 88 valence electrons. The fraction of sp³-hybridized carbons (Fsp3) is 0.182. The zero-order valence-electron chi connectivity index (χ0n) is 9.30. The minimum Gasteiger partial charge on any atom is -0.382 e. The molecule has 0 aliphatic carbocycles. The van der Waals surface area contributed by atoms with Gasteiger partial charge in [-0.2, -0.15) is 0 Å². The fourth-order valence-electron chi connectivity index (χ4n) is 1.30. The Morgan fingerprint density at radius 3 is 2.76 bits per heavy atom. The molecule has 0 fully saturated rings. The van der Waals surface area contributed by atoms with Gasteiger partial charge in [0.05, 0.1) is 6.54 Å². The fourth-order valence-corrected chi connectivity index (χ4v) is 2.13. The van der Waals surface area contributed by atoms with Crippen molar-refractivity contribution in [3.63, 3.8) is 0 Å². The number of thiophene rings is 1. The van der Waals surface area contributed by atoms with E-state index < -0.39 is 0 Å². The minimum absolute atomic E-state index is 0.247. The number of nitrogen functional groups attached to an aromatic ring is 1. The third-order valence-corrected chi connectivity index (χ3v) is 3.14. The third kappa shape index (κ3) is 3.01. The van der Waals surface area contributed by atoms with Crippen molar-refractivity contribution >= 4 is 23.1 Å². The number of rotatable bonds is 3. The first-order valence-corrected chi connectivity index (χ1v) is 5.89. The second-order valence-corrected chi connectivity index (χ2v) is 4.91. The molecule has 6 heteroatoms. The predicted molar refractivity (Wildman–Crippen MR) is 66.7 cm³/mol. The molecule has 0 bridgehead atoms. The van der Waals surface area contributed by atoms with E-state index in [0.29, 0.717) is 12.4 Å². The number of aromatic nitrogens is 2.